The van der Waals surface area contributed by atoms with Gasteiger partial charge in [0.25, 0.3) is 0 Å². The molecule has 5 rings (SSSR count). The van der Waals surface area contributed by atoms with E-state index in [1.54, 1.807) is 18.2 Å². The molecule has 1 aromatic heterocycles. The molecule has 2 aliphatic carbocycles. The number of aromatic amines is 1. The van der Waals surface area contributed by atoms with E-state index < -0.39 is 0 Å². The van der Waals surface area contributed by atoms with Gasteiger partial charge < -0.3 is 0 Å². The Balaban J connectivity index is 1.64. The summed E-state index contributed by atoms with van der Waals surface area (Å²) in [5, 5.41) is 8.38. The fraction of sp³-hybridized carbons (Fsp3) is 0.312. The number of benzene rings is 1. The number of hydrogen-bond donors (Lipinski definition) is 1. The van der Waals surface area contributed by atoms with Gasteiger partial charge in [-0.1, -0.05) is 23.8 Å². The van der Waals surface area contributed by atoms with Crippen LogP contribution in [0.2, 0.25) is 5.02 Å². The number of nitrogens with one attached hydrogen (secondary N) is 1. The molecule has 0 radical (unpaired) electrons. The van der Waals surface area contributed by atoms with Crippen LogP contribution in [0.3, 0.4) is 0 Å². The number of nitrogens with zero attached hydrogens (tertiary/aromatic N) is 2. The summed E-state index contributed by atoms with van der Waals surface area (Å²) in [5.74, 6) is 0.163. The summed E-state index contributed by atoms with van der Waals surface area (Å²) in [6.07, 6.45) is 5.10. The summed E-state index contributed by atoms with van der Waals surface area (Å²) in [6, 6.07) is 5.27. The molecule has 3 aliphatic rings. The van der Waals surface area contributed by atoms with E-state index in [1.807, 2.05) is 0 Å². The number of anilines is 1. The van der Waals surface area contributed by atoms with Crippen LogP contribution < -0.4 is 4.90 Å². The van der Waals surface area contributed by atoms with Crippen LogP contribution in [0.1, 0.15) is 6.42 Å². The van der Waals surface area contributed by atoms with Crippen molar-refractivity contribution in [1.82, 2.24) is 10.2 Å². The second-order valence-corrected chi connectivity index (χ2v) is 6.69. The van der Waals surface area contributed by atoms with Crippen molar-refractivity contribution in [3.8, 4) is 0 Å². The molecule has 2 bridgehead atoms. The summed E-state index contributed by atoms with van der Waals surface area (Å²) < 4.78 is 0. The summed E-state index contributed by atoms with van der Waals surface area (Å²) in [6.45, 7) is 0. The molecule has 6 heteroatoms. The second kappa shape index (κ2) is 3.98. The average molecular weight is 314 g/mol. The Bertz CT molecular complexity index is 841. The number of carbonyl (C=O) groups excluding carboxylic acids is 2. The van der Waals surface area contributed by atoms with Crippen molar-refractivity contribution in [2.24, 2.45) is 23.7 Å². The zero-order valence-corrected chi connectivity index (χ0v) is 12.2. The Kier molecular flexibility index (Phi) is 2.25. The lowest BCUT2D eigenvalue weighted by atomic mass is 9.85. The molecule has 5 nitrogen and oxygen atoms in total. The maximum Gasteiger partial charge on any atom is 0.239 e. The summed E-state index contributed by atoms with van der Waals surface area (Å²) in [5.41, 5.74) is 0.723. The Hall–Kier alpha value is -2.14. The molecule has 4 atom stereocenters. The maximum atomic E-state index is 12.8. The third kappa shape index (κ3) is 1.37. The summed E-state index contributed by atoms with van der Waals surface area (Å²) in [4.78, 5) is 26.8. The third-order valence-corrected chi connectivity index (χ3v) is 5.42. The number of imide groups is 1. The summed E-state index contributed by atoms with van der Waals surface area (Å²) >= 11 is 5.97. The van der Waals surface area contributed by atoms with Crippen LogP contribution in [-0.4, -0.2) is 22.0 Å². The molecular weight excluding hydrogens is 302 g/mol. The normalized spacial score (nSPS) is 32.5. The van der Waals surface area contributed by atoms with Crippen LogP contribution in [0.5, 0.6) is 0 Å². The molecule has 1 saturated carbocycles. The van der Waals surface area contributed by atoms with Gasteiger partial charge in [0.1, 0.15) is 0 Å². The molecule has 2 fully saturated rings. The zero-order chi connectivity index (χ0) is 15.0. The SMILES string of the molecule is O=C1[C@@H]2[C@H](C(=O)N1c1n[nH]c3cc(Cl)ccc13)[C@@H]1C=C[C@H]2C1. The minimum absolute atomic E-state index is 0.116. The van der Waals surface area contributed by atoms with Gasteiger partial charge in [-0.05, 0) is 36.5 Å². The first-order valence-electron chi connectivity index (χ1n) is 7.35. The monoisotopic (exact) mass is 313 g/mol. The van der Waals surface area contributed by atoms with Gasteiger partial charge in [0.05, 0.1) is 17.4 Å². The van der Waals surface area contributed by atoms with Crippen molar-refractivity contribution in [2.75, 3.05) is 4.90 Å². The van der Waals surface area contributed by atoms with E-state index in [1.165, 1.54) is 4.90 Å². The van der Waals surface area contributed by atoms with Crippen LogP contribution in [0.15, 0.2) is 30.4 Å². The smallest absolute Gasteiger partial charge is 0.239 e. The van der Waals surface area contributed by atoms with E-state index >= 15 is 0 Å². The van der Waals surface area contributed by atoms with Crippen LogP contribution in [0, 0.1) is 23.7 Å². The number of fused-ring (bicyclic) bond motifs is 6. The lowest BCUT2D eigenvalue weighted by Crippen LogP contribution is -2.33. The molecule has 1 saturated heterocycles. The predicted octanol–water partition coefficient (Wildman–Crippen LogP) is 2.53. The van der Waals surface area contributed by atoms with Gasteiger partial charge in [0.15, 0.2) is 5.82 Å². The van der Waals surface area contributed by atoms with Gasteiger partial charge >= 0.3 is 0 Å². The first-order chi connectivity index (χ1) is 10.6. The zero-order valence-electron chi connectivity index (χ0n) is 11.5. The van der Waals surface area contributed by atoms with E-state index in [0.29, 0.717) is 10.8 Å². The first kappa shape index (κ1) is 12.4. The Morgan fingerprint density at radius 2 is 1.82 bits per heavy atom. The lowest BCUT2D eigenvalue weighted by molar-refractivity contribution is -0.123. The molecule has 1 N–H and O–H groups in total. The molecule has 1 aromatic carbocycles. The highest BCUT2D eigenvalue weighted by molar-refractivity contribution is 6.31. The first-order valence-corrected chi connectivity index (χ1v) is 7.73. The highest BCUT2D eigenvalue weighted by Crippen LogP contribution is 2.53. The third-order valence-electron chi connectivity index (χ3n) is 5.19. The molecule has 0 unspecified atom stereocenters. The molecule has 110 valence electrons. The molecular formula is C16H12ClN3O2. The fourth-order valence-corrected chi connectivity index (χ4v) is 4.43. The van der Waals surface area contributed by atoms with Crippen LogP contribution in [0.25, 0.3) is 10.9 Å². The number of hydrogen-bond acceptors (Lipinski definition) is 3. The van der Waals surface area contributed by atoms with E-state index in [2.05, 4.69) is 22.3 Å². The number of amides is 2. The van der Waals surface area contributed by atoms with Gasteiger partial charge in [-0.15, -0.1) is 0 Å². The number of carbonyl (C=O) groups is 2. The lowest BCUT2D eigenvalue weighted by Gasteiger charge is -2.14. The van der Waals surface area contributed by atoms with Crippen LogP contribution >= 0.6 is 11.6 Å². The van der Waals surface area contributed by atoms with Gasteiger partial charge in [0.2, 0.25) is 11.8 Å². The quantitative estimate of drug-likeness (QED) is 0.650. The molecule has 2 heterocycles. The van der Waals surface area contributed by atoms with Crippen molar-refractivity contribution < 1.29 is 9.59 Å². The molecule has 2 aromatic rings. The van der Waals surface area contributed by atoms with Gasteiger partial charge in [-0.25, -0.2) is 4.90 Å². The van der Waals surface area contributed by atoms with Crippen LogP contribution in [-0.2, 0) is 9.59 Å². The fourth-order valence-electron chi connectivity index (χ4n) is 4.26. The number of H-pyrrole nitrogens is 1. The largest absolute Gasteiger partial charge is 0.276 e. The molecule has 22 heavy (non-hydrogen) atoms. The van der Waals surface area contributed by atoms with Crippen molar-refractivity contribution in [1.29, 1.82) is 0 Å². The van der Waals surface area contributed by atoms with Gasteiger partial charge in [-0.2, -0.15) is 5.10 Å². The number of aromatic nitrogens is 2. The van der Waals surface area contributed by atoms with Gasteiger partial charge in [-0.3, -0.25) is 14.7 Å². The minimum Gasteiger partial charge on any atom is -0.276 e. The van der Waals surface area contributed by atoms with E-state index in [0.717, 1.165) is 17.3 Å². The predicted molar refractivity (Wildman–Crippen MR) is 81.3 cm³/mol. The van der Waals surface area contributed by atoms with Crippen molar-refractivity contribution in [3.05, 3.63) is 35.4 Å². The Morgan fingerprint density at radius 3 is 2.50 bits per heavy atom. The standard InChI is InChI=1S/C16H12ClN3O2/c17-9-3-4-10-11(6-9)18-19-14(10)20-15(21)12-7-1-2-8(5-7)13(12)16(20)22/h1-4,6-8,12-13H,5H2,(H,18,19)/t7-,8+,12-,13+. The minimum atomic E-state index is -0.207. The summed E-state index contributed by atoms with van der Waals surface area (Å²) in [7, 11) is 0. The highest BCUT2D eigenvalue weighted by atomic mass is 35.5. The number of allylic oxidation sites excluding steroid dienone is 2. The van der Waals surface area contributed by atoms with E-state index in [9.17, 15) is 9.59 Å². The van der Waals surface area contributed by atoms with Crippen molar-refractivity contribution in [3.63, 3.8) is 0 Å². The Labute approximate surface area is 130 Å². The number of rotatable bonds is 1. The molecule has 0 spiro atoms. The Morgan fingerprint density at radius 1 is 1.14 bits per heavy atom. The second-order valence-electron chi connectivity index (χ2n) is 6.25. The molecule has 2 amide bonds. The van der Waals surface area contributed by atoms with Crippen molar-refractivity contribution in [2.45, 2.75) is 6.42 Å². The average Bonchev–Trinajstić information content (AvgIpc) is 3.23. The van der Waals surface area contributed by atoms with E-state index in [-0.39, 0.29) is 35.5 Å². The van der Waals surface area contributed by atoms with Crippen molar-refractivity contribution >= 4 is 40.1 Å². The maximum absolute atomic E-state index is 12.8. The van der Waals surface area contributed by atoms with Gasteiger partial charge in [0, 0.05) is 10.4 Å². The van der Waals surface area contributed by atoms with E-state index in [4.69, 9.17) is 11.6 Å². The topological polar surface area (TPSA) is 66.1 Å². The van der Waals surface area contributed by atoms with Crippen LogP contribution in [0.4, 0.5) is 5.82 Å². The highest BCUT2D eigenvalue weighted by Gasteiger charge is 2.60. The molecule has 1 aliphatic heterocycles. The number of halogens is 1.